The summed E-state index contributed by atoms with van der Waals surface area (Å²) >= 11 is 0. The molecule has 0 saturated carbocycles. The van der Waals surface area contributed by atoms with Gasteiger partial charge in [-0.3, -0.25) is 39.1 Å². The van der Waals surface area contributed by atoms with Gasteiger partial charge in [0.1, 0.15) is 30.2 Å². The van der Waals surface area contributed by atoms with E-state index in [-0.39, 0.29) is 64.1 Å². The highest BCUT2D eigenvalue weighted by Gasteiger charge is 2.39. The Morgan fingerprint density at radius 3 is 2.42 bits per heavy atom. The van der Waals surface area contributed by atoms with Crippen molar-refractivity contribution in [3.05, 3.63) is 71.9 Å². The third-order valence-electron chi connectivity index (χ3n) is 9.93. The number of rotatable bonds is 11. The number of para-hydroxylation sites is 1. The fourth-order valence-corrected chi connectivity index (χ4v) is 7.14. The van der Waals surface area contributed by atoms with Crippen LogP contribution < -0.4 is 43.4 Å². The first-order valence-electron chi connectivity index (χ1n) is 19.1. The summed E-state index contributed by atoms with van der Waals surface area (Å²) < 4.78 is 0. The van der Waals surface area contributed by atoms with Gasteiger partial charge in [0.2, 0.25) is 29.5 Å². The third-order valence-corrected chi connectivity index (χ3v) is 9.93. The van der Waals surface area contributed by atoms with E-state index in [1.165, 1.54) is 11.8 Å². The molecule has 2 saturated heterocycles. The average Bonchev–Trinajstić information content (AvgIpc) is 3.84. The number of H-pyrrole nitrogens is 1. The first-order valence-corrected chi connectivity index (χ1v) is 19.1. The second kappa shape index (κ2) is 19.9. The molecule has 304 valence electrons. The van der Waals surface area contributed by atoms with Crippen LogP contribution in [0.4, 0.5) is 4.79 Å². The number of benzene rings is 2. The van der Waals surface area contributed by atoms with Gasteiger partial charge in [0, 0.05) is 56.5 Å². The quantitative estimate of drug-likeness (QED) is 0.0693. The zero-order chi connectivity index (χ0) is 40.9. The number of urea groups is 1. The van der Waals surface area contributed by atoms with Crippen molar-refractivity contribution in [3.8, 4) is 0 Å². The van der Waals surface area contributed by atoms with Gasteiger partial charge in [-0.1, -0.05) is 48.5 Å². The van der Waals surface area contributed by atoms with Crippen molar-refractivity contribution in [1.82, 2.24) is 41.8 Å². The fourth-order valence-electron chi connectivity index (χ4n) is 7.14. The molecule has 0 unspecified atom stereocenters. The first-order chi connectivity index (χ1) is 27.4. The highest BCUT2D eigenvalue weighted by atomic mass is 16.2. The minimum absolute atomic E-state index is 0.0129. The highest BCUT2D eigenvalue weighted by Crippen LogP contribution is 2.21. The lowest BCUT2D eigenvalue weighted by Crippen LogP contribution is -2.58. The van der Waals surface area contributed by atoms with Gasteiger partial charge in [-0.2, -0.15) is 0 Å². The summed E-state index contributed by atoms with van der Waals surface area (Å²) in [5, 5.41) is 16.8. The smallest absolute Gasteiger partial charge is 0.322 e. The van der Waals surface area contributed by atoms with Crippen LogP contribution in [0.3, 0.4) is 0 Å². The Labute approximate surface area is 329 Å². The number of imide groups is 1. The molecule has 2 aliphatic rings. The van der Waals surface area contributed by atoms with Crippen molar-refractivity contribution in [2.45, 2.75) is 88.5 Å². The topological polar surface area (TPSA) is 275 Å². The minimum atomic E-state index is -1.23. The molecule has 18 nitrogen and oxygen atoms in total. The predicted octanol–water partition coefficient (Wildman–Crippen LogP) is -0.424. The monoisotopic (exact) mass is 785 g/mol. The maximum atomic E-state index is 14.2. The number of carbonyl (C=O) groups excluding carboxylic acids is 7. The normalized spacial score (nSPS) is 21.6. The summed E-state index contributed by atoms with van der Waals surface area (Å²) in [6.07, 6.45) is 3.34. The summed E-state index contributed by atoms with van der Waals surface area (Å²) in [4.78, 5) is 103. The van der Waals surface area contributed by atoms with E-state index < -0.39 is 71.7 Å². The lowest BCUT2D eigenvalue weighted by Gasteiger charge is -2.30. The number of fused-ring (bicyclic) bond motifs is 2. The molecule has 2 aromatic carbocycles. The molecule has 3 aromatic rings. The maximum Gasteiger partial charge on any atom is 0.322 e. The highest BCUT2D eigenvalue weighted by molar-refractivity contribution is 6.01. The summed E-state index contributed by atoms with van der Waals surface area (Å²) in [5.74, 6) is -3.67. The Morgan fingerprint density at radius 2 is 1.67 bits per heavy atom. The molecular formula is C39H51N11O7. The van der Waals surface area contributed by atoms with Crippen LogP contribution >= 0.6 is 0 Å². The molecule has 18 heteroatoms. The molecule has 57 heavy (non-hydrogen) atoms. The maximum absolute atomic E-state index is 14.2. The van der Waals surface area contributed by atoms with Crippen molar-refractivity contribution >= 4 is 58.3 Å². The molecule has 0 spiro atoms. The van der Waals surface area contributed by atoms with Gasteiger partial charge >= 0.3 is 6.03 Å². The van der Waals surface area contributed by atoms with Crippen molar-refractivity contribution < 1.29 is 33.6 Å². The van der Waals surface area contributed by atoms with E-state index in [4.69, 9.17) is 11.5 Å². The molecule has 5 atom stereocenters. The minimum Gasteiger partial charge on any atom is -0.370 e. The van der Waals surface area contributed by atoms with E-state index in [1.54, 1.807) is 6.20 Å². The second-order valence-electron chi connectivity index (χ2n) is 14.2. The molecule has 1 aromatic heterocycles. The van der Waals surface area contributed by atoms with E-state index >= 15 is 0 Å². The van der Waals surface area contributed by atoms with Crippen LogP contribution in [-0.2, 0) is 41.6 Å². The Balaban J connectivity index is 1.40. The number of hydrogen-bond acceptors (Lipinski definition) is 8. The number of aromatic nitrogens is 1. The Hall–Kier alpha value is -6.46. The fraction of sp³-hybridized carbons (Fsp3) is 0.436. The van der Waals surface area contributed by atoms with Gasteiger partial charge in [0.25, 0.3) is 5.91 Å². The number of nitrogens with one attached hydrogen (secondary N) is 7. The van der Waals surface area contributed by atoms with E-state index in [0.29, 0.717) is 18.4 Å². The number of hydrogen-bond donors (Lipinski definition) is 9. The molecule has 0 aliphatic carbocycles. The summed E-state index contributed by atoms with van der Waals surface area (Å²) in [7, 11) is 0. The van der Waals surface area contributed by atoms with Gasteiger partial charge in [0.15, 0.2) is 5.96 Å². The van der Waals surface area contributed by atoms with E-state index in [9.17, 15) is 33.6 Å². The Kier molecular flexibility index (Phi) is 14.6. The summed E-state index contributed by atoms with van der Waals surface area (Å²) in [6, 6.07) is 10.0. The Morgan fingerprint density at radius 1 is 0.912 bits per heavy atom. The Bertz CT molecular complexity index is 1960. The van der Waals surface area contributed by atoms with Crippen LogP contribution in [-0.4, -0.2) is 107 Å². The largest absolute Gasteiger partial charge is 0.370 e. The number of nitrogens with zero attached hydrogens (tertiary/aromatic N) is 2. The number of guanidine groups is 1. The van der Waals surface area contributed by atoms with Crippen molar-refractivity contribution in [1.29, 1.82) is 0 Å². The van der Waals surface area contributed by atoms with Crippen LogP contribution in [0.15, 0.2) is 65.8 Å². The van der Waals surface area contributed by atoms with Gasteiger partial charge in [0.05, 0.1) is 0 Å². The lowest BCUT2D eigenvalue weighted by molar-refractivity contribution is -0.141. The molecule has 3 heterocycles. The lowest BCUT2D eigenvalue weighted by atomic mass is 10.0. The second-order valence-corrected chi connectivity index (χ2v) is 14.2. The van der Waals surface area contributed by atoms with E-state index in [0.717, 1.165) is 16.5 Å². The van der Waals surface area contributed by atoms with E-state index in [1.807, 2.05) is 54.6 Å². The van der Waals surface area contributed by atoms with Gasteiger partial charge < -0.3 is 47.9 Å². The summed E-state index contributed by atoms with van der Waals surface area (Å²) in [5.41, 5.74) is 13.3. The first kappa shape index (κ1) is 41.7. The van der Waals surface area contributed by atoms with Crippen LogP contribution in [0.25, 0.3) is 10.9 Å². The average molecular weight is 786 g/mol. The number of amides is 8. The molecular weight excluding hydrogens is 734 g/mol. The van der Waals surface area contributed by atoms with Gasteiger partial charge in [-0.15, -0.1) is 0 Å². The number of aromatic amines is 1. The number of aliphatic imine (C=N–C) groups is 1. The van der Waals surface area contributed by atoms with Gasteiger partial charge in [-0.25, -0.2) is 4.79 Å². The van der Waals surface area contributed by atoms with Crippen LogP contribution in [0.1, 0.15) is 56.6 Å². The van der Waals surface area contributed by atoms with Crippen LogP contribution in [0, 0.1) is 0 Å². The standard InChI is InChI=1S/C39H51N11O7/c1-23(51)45-30(20-24-10-3-2-4-11-24)34(53)47-29-15-8-17-42-33(52)28(14-7-18-43-38(40)41)46-35(54)31(21-25-22-44-27-13-6-5-12-26(25)27)48-39(57)49-36(55)32-16-9-19-50(32)37(29)56/h2-6,10-13,22,28-32,44H,7-9,14-21H2,1H3,(H,42,52)(H,45,51)(H,46,54)(H,47,53)(H4,40,41,43)(H2,48,49,55,57)/t28-,29-,30-,31-,32-/m0/s1. The van der Waals surface area contributed by atoms with Crippen LogP contribution in [0.2, 0.25) is 0 Å². The van der Waals surface area contributed by atoms with Crippen LogP contribution in [0.5, 0.6) is 0 Å². The third kappa shape index (κ3) is 11.8. The SMILES string of the molecule is CC(=O)N[C@@H](Cc1ccccc1)C(=O)N[C@H]1CCCNC(=O)[C@H](CCCN=C(N)N)NC(=O)[C@H](Cc2c[nH]c3ccccc23)NC(=O)NC(=O)[C@@H]2CCCN2C1=O. The van der Waals surface area contributed by atoms with Crippen molar-refractivity contribution in [2.24, 2.45) is 16.5 Å². The number of carbonyl (C=O) groups is 7. The summed E-state index contributed by atoms with van der Waals surface area (Å²) in [6.45, 7) is 1.73. The molecule has 2 aliphatic heterocycles. The molecule has 11 N–H and O–H groups in total. The molecule has 5 rings (SSSR count). The predicted molar refractivity (Wildman–Crippen MR) is 211 cm³/mol. The zero-order valence-corrected chi connectivity index (χ0v) is 31.8. The number of nitrogens with two attached hydrogens (primary N) is 2. The molecule has 0 bridgehead atoms. The van der Waals surface area contributed by atoms with E-state index in [2.05, 4.69) is 41.9 Å². The van der Waals surface area contributed by atoms with Crippen molar-refractivity contribution in [2.75, 3.05) is 19.6 Å². The van der Waals surface area contributed by atoms with Gasteiger partial charge in [-0.05, 0) is 55.7 Å². The molecule has 2 fully saturated rings. The van der Waals surface area contributed by atoms with Crippen molar-refractivity contribution in [3.63, 3.8) is 0 Å². The molecule has 0 radical (unpaired) electrons. The molecule has 8 amide bonds. The zero-order valence-electron chi connectivity index (χ0n) is 31.8.